The Labute approximate surface area is 177 Å². The number of aliphatic imine (C=N–C) groups is 1. The van der Waals surface area contributed by atoms with Gasteiger partial charge in [-0.05, 0) is 48.9 Å². The molecule has 6 nitrogen and oxygen atoms in total. The first-order chi connectivity index (χ1) is 12.7. The first kappa shape index (κ1) is 22.6. The van der Waals surface area contributed by atoms with E-state index in [0.29, 0.717) is 25.3 Å². The zero-order valence-electron chi connectivity index (χ0n) is 15.6. The summed E-state index contributed by atoms with van der Waals surface area (Å²) in [5.74, 6) is 2.34. The molecule has 2 aromatic rings. The van der Waals surface area contributed by atoms with Crippen LogP contribution in [0.4, 0.5) is 0 Å². The van der Waals surface area contributed by atoms with Crippen LogP contribution in [0, 0.1) is 11.3 Å². The fraction of sp³-hybridized carbons (Fsp3) is 0.300. The van der Waals surface area contributed by atoms with Crippen molar-refractivity contribution in [2.75, 3.05) is 26.8 Å². The first-order valence-corrected chi connectivity index (χ1v) is 8.53. The van der Waals surface area contributed by atoms with Gasteiger partial charge in [0.2, 0.25) is 0 Å². The number of methoxy groups -OCH3 is 1. The topological polar surface area (TPSA) is 78.7 Å². The Balaban J connectivity index is 0.00000364. The molecule has 2 rings (SSSR count). The molecule has 27 heavy (non-hydrogen) atoms. The molecular formula is C20H25IN4O2. The number of nitrogens with zero attached hydrogens (tertiary/aromatic N) is 2. The van der Waals surface area contributed by atoms with Gasteiger partial charge in [-0.1, -0.05) is 12.1 Å². The lowest BCUT2D eigenvalue weighted by Gasteiger charge is -2.12. The Morgan fingerprint density at radius 3 is 2.30 bits per heavy atom. The second kappa shape index (κ2) is 12.8. The molecular weight excluding hydrogens is 455 g/mol. The average Bonchev–Trinajstić information content (AvgIpc) is 2.70. The van der Waals surface area contributed by atoms with E-state index < -0.39 is 0 Å². The summed E-state index contributed by atoms with van der Waals surface area (Å²) in [6.45, 7) is 4.49. The van der Waals surface area contributed by atoms with Gasteiger partial charge in [-0.3, -0.25) is 0 Å². The van der Waals surface area contributed by atoms with E-state index in [1.165, 1.54) is 0 Å². The predicted molar refractivity (Wildman–Crippen MR) is 118 cm³/mol. The van der Waals surface area contributed by atoms with E-state index >= 15 is 0 Å². The minimum Gasteiger partial charge on any atom is -0.497 e. The summed E-state index contributed by atoms with van der Waals surface area (Å²) in [5, 5.41) is 15.3. The summed E-state index contributed by atoms with van der Waals surface area (Å²) in [6, 6.07) is 17.0. The van der Waals surface area contributed by atoms with Gasteiger partial charge in [0.1, 0.15) is 18.1 Å². The minimum atomic E-state index is 0. The molecule has 0 aliphatic heterocycles. The Kier molecular flexibility index (Phi) is 10.7. The zero-order chi connectivity index (χ0) is 18.6. The van der Waals surface area contributed by atoms with Crippen molar-refractivity contribution in [3.63, 3.8) is 0 Å². The molecule has 0 radical (unpaired) electrons. The number of nitriles is 1. The number of rotatable bonds is 8. The number of hydrogen-bond donors (Lipinski definition) is 2. The summed E-state index contributed by atoms with van der Waals surface area (Å²) in [7, 11) is 1.64. The minimum absolute atomic E-state index is 0. The monoisotopic (exact) mass is 480 g/mol. The van der Waals surface area contributed by atoms with Gasteiger partial charge in [0.05, 0.1) is 31.8 Å². The van der Waals surface area contributed by atoms with Crippen LogP contribution in [0.2, 0.25) is 0 Å². The van der Waals surface area contributed by atoms with Crippen molar-refractivity contribution >= 4 is 29.9 Å². The quantitative estimate of drug-likeness (QED) is 0.262. The third kappa shape index (κ3) is 8.17. The van der Waals surface area contributed by atoms with Crippen LogP contribution in [-0.4, -0.2) is 32.8 Å². The molecule has 2 N–H and O–H groups in total. The summed E-state index contributed by atoms with van der Waals surface area (Å²) in [5.41, 5.74) is 1.70. The fourth-order valence-electron chi connectivity index (χ4n) is 2.21. The van der Waals surface area contributed by atoms with Gasteiger partial charge in [0.15, 0.2) is 5.96 Å². The van der Waals surface area contributed by atoms with E-state index in [1.54, 1.807) is 19.2 Å². The second-order valence-corrected chi connectivity index (χ2v) is 5.45. The maximum absolute atomic E-state index is 8.83. The van der Waals surface area contributed by atoms with Crippen LogP contribution in [0.15, 0.2) is 53.5 Å². The molecule has 0 amide bonds. The normalized spacial score (nSPS) is 10.3. The van der Waals surface area contributed by atoms with Gasteiger partial charge < -0.3 is 20.1 Å². The molecule has 0 aliphatic carbocycles. The van der Waals surface area contributed by atoms with Gasteiger partial charge in [-0.2, -0.15) is 5.26 Å². The van der Waals surface area contributed by atoms with Crippen molar-refractivity contribution < 1.29 is 9.47 Å². The molecule has 7 heteroatoms. The molecule has 0 aliphatic rings. The van der Waals surface area contributed by atoms with Crippen molar-refractivity contribution in [1.29, 1.82) is 5.26 Å². The third-order valence-electron chi connectivity index (χ3n) is 3.57. The molecule has 0 heterocycles. The highest BCUT2D eigenvalue weighted by Gasteiger charge is 1.99. The van der Waals surface area contributed by atoms with Crippen molar-refractivity contribution in [3.05, 3.63) is 59.7 Å². The maximum Gasteiger partial charge on any atom is 0.191 e. The molecule has 0 saturated carbocycles. The summed E-state index contributed by atoms with van der Waals surface area (Å²) >= 11 is 0. The lowest BCUT2D eigenvalue weighted by molar-refractivity contribution is 0.321. The van der Waals surface area contributed by atoms with Crippen LogP contribution in [0.3, 0.4) is 0 Å². The first-order valence-electron chi connectivity index (χ1n) is 8.53. The van der Waals surface area contributed by atoms with Crippen molar-refractivity contribution in [2.45, 2.75) is 13.5 Å². The molecule has 0 atom stereocenters. The van der Waals surface area contributed by atoms with Crippen molar-refractivity contribution in [1.82, 2.24) is 10.6 Å². The smallest absolute Gasteiger partial charge is 0.191 e. The lowest BCUT2D eigenvalue weighted by Crippen LogP contribution is -2.39. The van der Waals surface area contributed by atoms with Gasteiger partial charge in [-0.25, -0.2) is 4.99 Å². The maximum atomic E-state index is 8.83. The summed E-state index contributed by atoms with van der Waals surface area (Å²) in [6.07, 6.45) is 0. The van der Waals surface area contributed by atoms with Gasteiger partial charge >= 0.3 is 0 Å². The van der Waals surface area contributed by atoms with Gasteiger partial charge in [0, 0.05) is 6.54 Å². The molecule has 0 aromatic heterocycles. The predicted octanol–water partition coefficient (Wildman–Crippen LogP) is 3.32. The van der Waals surface area contributed by atoms with Crippen molar-refractivity contribution in [2.24, 2.45) is 4.99 Å². The number of guanidine groups is 1. The molecule has 0 unspecified atom stereocenters. The highest BCUT2D eigenvalue weighted by Crippen LogP contribution is 2.16. The number of hydrogen-bond acceptors (Lipinski definition) is 4. The van der Waals surface area contributed by atoms with Crippen LogP contribution < -0.4 is 20.1 Å². The van der Waals surface area contributed by atoms with Crippen LogP contribution in [-0.2, 0) is 6.54 Å². The third-order valence-corrected chi connectivity index (χ3v) is 3.57. The summed E-state index contributed by atoms with van der Waals surface area (Å²) in [4.78, 5) is 4.55. The van der Waals surface area contributed by atoms with E-state index in [9.17, 15) is 0 Å². The molecule has 0 saturated heterocycles. The number of nitrogens with one attached hydrogen (secondary N) is 2. The van der Waals surface area contributed by atoms with Gasteiger partial charge in [0.25, 0.3) is 0 Å². The van der Waals surface area contributed by atoms with E-state index in [1.807, 2.05) is 43.3 Å². The second-order valence-electron chi connectivity index (χ2n) is 5.45. The lowest BCUT2D eigenvalue weighted by atomic mass is 10.1. The Morgan fingerprint density at radius 2 is 1.70 bits per heavy atom. The van der Waals surface area contributed by atoms with E-state index in [2.05, 4.69) is 21.7 Å². The van der Waals surface area contributed by atoms with E-state index in [4.69, 9.17) is 14.7 Å². The van der Waals surface area contributed by atoms with E-state index in [0.717, 1.165) is 29.6 Å². The number of benzene rings is 2. The zero-order valence-corrected chi connectivity index (χ0v) is 17.9. The standard InChI is InChI=1S/C20H24N4O2.HI/c1-3-22-20(24-15-17-6-4-16(14-21)5-7-17)23-12-13-26-19-10-8-18(25-2)9-11-19;/h4-11H,3,12-13,15H2,1-2H3,(H2,22,23,24);1H. The molecule has 144 valence electrons. The number of ether oxygens (including phenoxy) is 2. The Bertz CT molecular complexity index is 740. The van der Waals surface area contributed by atoms with Gasteiger partial charge in [-0.15, -0.1) is 24.0 Å². The molecule has 0 fully saturated rings. The Hall–Kier alpha value is -2.47. The highest BCUT2D eigenvalue weighted by atomic mass is 127. The fourth-order valence-corrected chi connectivity index (χ4v) is 2.21. The molecule has 2 aromatic carbocycles. The van der Waals surface area contributed by atoms with E-state index in [-0.39, 0.29) is 24.0 Å². The van der Waals surface area contributed by atoms with Crippen LogP contribution in [0.1, 0.15) is 18.1 Å². The van der Waals surface area contributed by atoms with Crippen LogP contribution >= 0.6 is 24.0 Å². The largest absolute Gasteiger partial charge is 0.497 e. The summed E-state index contributed by atoms with van der Waals surface area (Å²) < 4.78 is 10.8. The molecule has 0 bridgehead atoms. The highest BCUT2D eigenvalue weighted by molar-refractivity contribution is 14.0. The Morgan fingerprint density at radius 1 is 1.04 bits per heavy atom. The SMILES string of the molecule is CCNC(=NCc1ccc(C#N)cc1)NCCOc1ccc(OC)cc1.I. The van der Waals surface area contributed by atoms with Crippen LogP contribution in [0.25, 0.3) is 0 Å². The van der Waals surface area contributed by atoms with Crippen LogP contribution in [0.5, 0.6) is 11.5 Å². The van der Waals surface area contributed by atoms with Crippen molar-refractivity contribution in [3.8, 4) is 17.6 Å². The average molecular weight is 480 g/mol. The number of halogens is 1. The molecule has 0 spiro atoms.